The lowest BCUT2D eigenvalue weighted by molar-refractivity contribution is -0.142. The van der Waals surface area contributed by atoms with Gasteiger partial charge in [-0.3, -0.25) is 9.59 Å². The molecule has 0 fully saturated rings. The van der Waals surface area contributed by atoms with Crippen molar-refractivity contribution >= 4 is 17.8 Å². The van der Waals surface area contributed by atoms with E-state index in [9.17, 15) is 19.5 Å². The quantitative estimate of drug-likeness (QED) is 0.702. The van der Waals surface area contributed by atoms with Gasteiger partial charge in [0.15, 0.2) is 5.69 Å². The summed E-state index contributed by atoms with van der Waals surface area (Å²) < 4.78 is 1.29. The third kappa shape index (κ3) is 3.36. The third-order valence-electron chi connectivity index (χ3n) is 4.98. The minimum atomic E-state index is -1.09. The Kier molecular flexibility index (Phi) is 4.59. The van der Waals surface area contributed by atoms with E-state index < -0.39 is 23.8 Å². The van der Waals surface area contributed by atoms with Gasteiger partial charge in [0.05, 0.1) is 5.69 Å². The first-order chi connectivity index (χ1) is 14.0. The molecule has 1 atom stereocenters. The molecule has 8 nitrogen and oxygen atoms in total. The number of carbonyl (C=O) groups excluding carboxylic acids is 2. The number of carbonyl (C=O) groups is 3. The number of hydrogen-bond acceptors (Lipinski definition) is 4. The molecule has 8 heteroatoms. The summed E-state index contributed by atoms with van der Waals surface area (Å²) in [4.78, 5) is 38.2. The molecule has 0 aliphatic carbocycles. The molecule has 0 unspecified atom stereocenters. The Labute approximate surface area is 166 Å². The van der Waals surface area contributed by atoms with Crippen molar-refractivity contribution in [1.82, 2.24) is 14.7 Å². The highest BCUT2D eigenvalue weighted by Gasteiger charge is 2.36. The topological polar surface area (TPSA) is 119 Å². The maximum atomic E-state index is 13.2. The third-order valence-corrected chi connectivity index (χ3v) is 4.98. The maximum absolute atomic E-state index is 13.2. The van der Waals surface area contributed by atoms with Gasteiger partial charge in [0.2, 0.25) is 0 Å². The Morgan fingerprint density at radius 2 is 1.66 bits per heavy atom. The molecule has 3 N–H and O–H groups in total. The standard InChI is InChI=1S/C21H18N4O4/c22-19(26)17-11-16(23-25(17)15-8-2-1-3-9-15)20(27)24-12-14-7-5-4-6-13(14)10-18(24)21(28)29/h1-9,11,18H,10,12H2,(H2,22,26)(H,28,29)/t18-/m0/s1. The van der Waals surface area contributed by atoms with E-state index in [1.54, 1.807) is 24.3 Å². The van der Waals surface area contributed by atoms with Crippen molar-refractivity contribution in [3.8, 4) is 5.69 Å². The zero-order valence-corrected chi connectivity index (χ0v) is 15.4. The maximum Gasteiger partial charge on any atom is 0.326 e. The second-order valence-electron chi connectivity index (χ2n) is 6.79. The Balaban J connectivity index is 1.74. The number of rotatable bonds is 4. The van der Waals surface area contributed by atoms with Crippen molar-refractivity contribution in [3.63, 3.8) is 0 Å². The first kappa shape index (κ1) is 18.4. The van der Waals surface area contributed by atoms with Crippen molar-refractivity contribution in [1.29, 1.82) is 0 Å². The van der Waals surface area contributed by atoms with Crippen molar-refractivity contribution in [2.45, 2.75) is 19.0 Å². The molecule has 0 radical (unpaired) electrons. The number of hydrogen-bond donors (Lipinski definition) is 2. The van der Waals surface area contributed by atoms with Crippen LogP contribution in [-0.2, 0) is 17.8 Å². The number of primary amides is 1. The van der Waals surface area contributed by atoms with E-state index in [1.807, 2.05) is 30.3 Å². The molecule has 1 aromatic heterocycles. The first-order valence-corrected chi connectivity index (χ1v) is 9.01. The predicted octanol–water partition coefficient (Wildman–Crippen LogP) is 1.62. The Hall–Kier alpha value is -3.94. The molecule has 2 heterocycles. The summed E-state index contributed by atoms with van der Waals surface area (Å²) in [7, 11) is 0. The number of aliphatic carboxylic acids is 1. The van der Waals surface area contributed by atoms with Gasteiger partial charge in [-0.1, -0.05) is 42.5 Å². The van der Waals surface area contributed by atoms with Gasteiger partial charge in [0, 0.05) is 19.0 Å². The summed E-state index contributed by atoms with van der Waals surface area (Å²) in [6.45, 7) is 0.149. The van der Waals surface area contributed by atoms with E-state index in [1.165, 1.54) is 15.6 Å². The molecule has 29 heavy (non-hydrogen) atoms. The summed E-state index contributed by atoms with van der Waals surface area (Å²) in [6.07, 6.45) is 0.208. The highest BCUT2D eigenvalue weighted by Crippen LogP contribution is 2.25. The minimum Gasteiger partial charge on any atom is -0.480 e. The molecule has 2 amide bonds. The molecule has 2 aromatic carbocycles. The van der Waals surface area contributed by atoms with Crippen molar-refractivity contribution in [2.24, 2.45) is 5.73 Å². The number of nitrogens with two attached hydrogens (primary N) is 1. The van der Waals surface area contributed by atoms with Gasteiger partial charge < -0.3 is 15.7 Å². The minimum absolute atomic E-state index is 0.0340. The molecule has 0 saturated heterocycles. The Morgan fingerprint density at radius 1 is 1.00 bits per heavy atom. The normalized spacial score (nSPS) is 15.6. The molecule has 1 aliphatic rings. The monoisotopic (exact) mass is 390 g/mol. The number of benzene rings is 2. The van der Waals surface area contributed by atoms with E-state index in [0.717, 1.165) is 11.1 Å². The van der Waals surface area contributed by atoms with Gasteiger partial charge in [0.25, 0.3) is 11.8 Å². The van der Waals surface area contributed by atoms with E-state index >= 15 is 0 Å². The van der Waals surface area contributed by atoms with Gasteiger partial charge in [-0.2, -0.15) is 5.10 Å². The fourth-order valence-electron chi connectivity index (χ4n) is 3.53. The lowest BCUT2D eigenvalue weighted by atomic mass is 9.93. The predicted molar refractivity (Wildman–Crippen MR) is 104 cm³/mol. The average molecular weight is 390 g/mol. The number of aromatic nitrogens is 2. The van der Waals surface area contributed by atoms with Gasteiger partial charge in [-0.05, 0) is 23.3 Å². The summed E-state index contributed by atoms with van der Waals surface area (Å²) in [6, 6.07) is 16.5. The molecular weight excluding hydrogens is 372 g/mol. The molecule has 3 aromatic rings. The number of para-hydroxylation sites is 1. The summed E-state index contributed by atoms with van der Waals surface area (Å²) >= 11 is 0. The van der Waals surface area contributed by atoms with Crippen LogP contribution < -0.4 is 5.73 Å². The van der Waals surface area contributed by atoms with Crippen LogP contribution in [0.3, 0.4) is 0 Å². The number of carboxylic acid groups (broad SMARTS) is 1. The fraction of sp³-hybridized carbons (Fsp3) is 0.143. The Bertz CT molecular complexity index is 1110. The van der Waals surface area contributed by atoms with Crippen LogP contribution in [-0.4, -0.2) is 43.6 Å². The second kappa shape index (κ2) is 7.23. The first-order valence-electron chi connectivity index (χ1n) is 9.01. The largest absolute Gasteiger partial charge is 0.480 e. The van der Waals surface area contributed by atoms with Crippen LogP contribution in [0.4, 0.5) is 0 Å². The van der Waals surface area contributed by atoms with Gasteiger partial charge in [0.1, 0.15) is 11.7 Å². The van der Waals surface area contributed by atoms with E-state index in [2.05, 4.69) is 5.10 Å². The van der Waals surface area contributed by atoms with Crippen LogP contribution in [0.2, 0.25) is 0 Å². The SMILES string of the molecule is NC(=O)c1cc(C(=O)N2Cc3ccccc3C[C@H]2C(=O)O)nn1-c1ccccc1. The molecule has 1 aliphatic heterocycles. The van der Waals surface area contributed by atoms with Crippen molar-refractivity contribution in [3.05, 3.63) is 83.2 Å². The summed E-state index contributed by atoms with van der Waals surface area (Å²) in [5.41, 5.74) is 7.83. The van der Waals surface area contributed by atoms with Crippen LogP contribution in [0.5, 0.6) is 0 Å². The summed E-state index contributed by atoms with van der Waals surface area (Å²) in [5, 5.41) is 13.9. The lowest BCUT2D eigenvalue weighted by Gasteiger charge is -2.34. The van der Waals surface area contributed by atoms with Crippen LogP contribution in [0.15, 0.2) is 60.7 Å². The molecule has 0 saturated carbocycles. The van der Waals surface area contributed by atoms with Crippen molar-refractivity contribution in [2.75, 3.05) is 0 Å². The highest BCUT2D eigenvalue weighted by atomic mass is 16.4. The zero-order valence-electron chi connectivity index (χ0n) is 15.4. The number of fused-ring (bicyclic) bond motifs is 1. The lowest BCUT2D eigenvalue weighted by Crippen LogP contribution is -2.48. The van der Waals surface area contributed by atoms with E-state index in [-0.39, 0.29) is 24.4 Å². The van der Waals surface area contributed by atoms with Crippen LogP contribution >= 0.6 is 0 Å². The number of nitrogens with zero attached hydrogens (tertiary/aromatic N) is 3. The van der Waals surface area contributed by atoms with Crippen LogP contribution in [0.1, 0.15) is 32.1 Å². The molecule has 4 rings (SSSR count). The van der Waals surface area contributed by atoms with Gasteiger partial charge in [-0.15, -0.1) is 0 Å². The van der Waals surface area contributed by atoms with E-state index in [0.29, 0.717) is 5.69 Å². The van der Waals surface area contributed by atoms with Crippen LogP contribution in [0.25, 0.3) is 5.69 Å². The Morgan fingerprint density at radius 3 is 2.31 bits per heavy atom. The zero-order chi connectivity index (χ0) is 20.5. The van der Waals surface area contributed by atoms with Gasteiger partial charge >= 0.3 is 5.97 Å². The summed E-state index contributed by atoms with van der Waals surface area (Å²) in [5.74, 6) is -2.39. The van der Waals surface area contributed by atoms with Crippen LogP contribution in [0, 0.1) is 0 Å². The van der Waals surface area contributed by atoms with Gasteiger partial charge in [-0.25, -0.2) is 9.48 Å². The smallest absolute Gasteiger partial charge is 0.326 e. The average Bonchev–Trinajstić information content (AvgIpc) is 3.18. The molecule has 0 bridgehead atoms. The molecule has 146 valence electrons. The van der Waals surface area contributed by atoms with Crippen molar-refractivity contribution < 1.29 is 19.5 Å². The highest BCUT2D eigenvalue weighted by molar-refractivity contribution is 5.99. The fourth-order valence-corrected chi connectivity index (χ4v) is 3.53. The number of amides is 2. The number of carboxylic acids is 1. The van der Waals surface area contributed by atoms with E-state index in [4.69, 9.17) is 5.73 Å². The second-order valence-corrected chi connectivity index (χ2v) is 6.79. The molecule has 0 spiro atoms. The molecular formula is C21H18N4O4.